The summed E-state index contributed by atoms with van der Waals surface area (Å²) in [5.74, 6) is -0.217. The lowest BCUT2D eigenvalue weighted by molar-refractivity contribution is -0.147. The molecule has 0 radical (unpaired) electrons. The Labute approximate surface area is 95.4 Å². The molecule has 0 amide bonds. The molecule has 1 aliphatic rings. The van der Waals surface area contributed by atoms with Crippen LogP contribution in [0.15, 0.2) is 30.3 Å². The van der Waals surface area contributed by atoms with Crippen LogP contribution in [-0.2, 0) is 19.9 Å². The lowest BCUT2D eigenvalue weighted by Gasteiger charge is -2.27. The molecule has 1 aromatic carbocycles. The van der Waals surface area contributed by atoms with Crippen LogP contribution in [0.5, 0.6) is 0 Å². The van der Waals surface area contributed by atoms with Gasteiger partial charge in [0, 0.05) is 6.61 Å². The van der Waals surface area contributed by atoms with Crippen LogP contribution in [0, 0.1) is 0 Å². The fraction of sp³-hybridized carbons (Fsp3) is 0.462. The molecule has 16 heavy (non-hydrogen) atoms. The number of carbonyl (C=O) groups excluding carboxylic acids is 1. The third-order valence-corrected chi connectivity index (χ3v) is 3.06. The van der Waals surface area contributed by atoms with Crippen molar-refractivity contribution in [2.24, 2.45) is 0 Å². The predicted molar refractivity (Wildman–Crippen MR) is 59.9 cm³/mol. The highest BCUT2D eigenvalue weighted by Crippen LogP contribution is 2.39. The zero-order valence-electron chi connectivity index (χ0n) is 9.44. The molecule has 1 aromatic rings. The van der Waals surface area contributed by atoms with Gasteiger partial charge in [0.2, 0.25) is 0 Å². The highest BCUT2D eigenvalue weighted by atomic mass is 16.5. The van der Waals surface area contributed by atoms with Crippen molar-refractivity contribution >= 4 is 5.97 Å². The topological polar surface area (TPSA) is 35.5 Å². The Kier molecular flexibility index (Phi) is 3.25. The van der Waals surface area contributed by atoms with Crippen LogP contribution in [0.4, 0.5) is 0 Å². The first kappa shape index (κ1) is 11.1. The molecule has 0 unspecified atom stereocenters. The molecule has 0 bridgehead atoms. The van der Waals surface area contributed by atoms with Crippen molar-refractivity contribution in [3.63, 3.8) is 0 Å². The van der Waals surface area contributed by atoms with E-state index >= 15 is 0 Å². The summed E-state index contributed by atoms with van der Waals surface area (Å²) in [5.41, 5.74) is 0.604. The minimum atomic E-state index is -0.464. The normalized spacial score (nSPS) is 24.3. The van der Waals surface area contributed by atoms with E-state index in [4.69, 9.17) is 9.47 Å². The van der Waals surface area contributed by atoms with Gasteiger partial charge in [0.05, 0.1) is 13.5 Å². The number of carbonyl (C=O) groups is 1. The zero-order chi connectivity index (χ0) is 11.4. The first-order valence-corrected chi connectivity index (χ1v) is 5.53. The fourth-order valence-corrected chi connectivity index (χ4v) is 2.21. The van der Waals surface area contributed by atoms with Gasteiger partial charge < -0.3 is 9.47 Å². The van der Waals surface area contributed by atoms with Crippen molar-refractivity contribution in [3.8, 4) is 0 Å². The quantitative estimate of drug-likeness (QED) is 0.733. The Morgan fingerprint density at radius 2 is 2.19 bits per heavy atom. The smallest absolute Gasteiger partial charge is 0.308 e. The molecular weight excluding hydrogens is 204 g/mol. The molecule has 3 nitrogen and oxygen atoms in total. The molecule has 0 N–H and O–H groups in total. The van der Waals surface area contributed by atoms with E-state index in [1.54, 1.807) is 0 Å². The van der Waals surface area contributed by atoms with Crippen molar-refractivity contribution in [2.75, 3.05) is 13.7 Å². The van der Waals surface area contributed by atoms with Crippen LogP contribution in [0.25, 0.3) is 0 Å². The Bertz CT molecular complexity index is 353. The molecule has 0 saturated carbocycles. The summed E-state index contributed by atoms with van der Waals surface area (Å²) in [6, 6.07) is 9.92. The van der Waals surface area contributed by atoms with Crippen LogP contribution in [0.2, 0.25) is 0 Å². The molecule has 1 saturated heterocycles. The summed E-state index contributed by atoms with van der Waals surface area (Å²) in [6.45, 7) is 0.714. The molecule has 3 heteroatoms. The summed E-state index contributed by atoms with van der Waals surface area (Å²) in [4.78, 5) is 11.4. The summed E-state index contributed by atoms with van der Waals surface area (Å²) in [6.07, 6.45) is 2.17. The van der Waals surface area contributed by atoms with E-state index in [1.165, 1.54) is 7.11 Å². The minimum absolute atomic E-state index is 0.217. The molecular formula is C13H16O3. The number of esters is 1. The lowest BCUT2D eigenvalue weighted by atomic mass is 9.88. The third-order valence-electron chi connectivity index (χ3n) is 3.06. The van der Waals surface area contributed by atoms with Gasteiger partial charge in [0.1, 0.15) is 5.60 Å². The van der Waals surface area contributed by atoms with Gasteiger partial charge in [-0.3, -0.25) is 4.79 Å². The minimum Gasteiger partial charge on any atom is -0.469 e. The van der Waals surface area contributed by atoms with E-state index in [1.807, 2.05) is 30.3 Å². The number of benzene rings is 1. The second kappa shape index (κ2) is 4.66. The van der Waals surface area contributed by atoms with Crippen LogP contribution in [0.1, 0.15) is 24.8 Å². The maximum Gasteiger partial charge on any atom is 0.308 e. The molecule has 1 atom stereocenters. The summed E-state index contributed by atoms with van der Waals surface area (Å²) >= 11 is 0. The van der Waals surface area contributed by atoms with Gasteiger partial charge in [-0.2, -0.15) is 0 Å². The van der Waals surface area contributed by atoms with Crippen LogP contribution in [-0.4, -0.2) is 19.7 Å². The second-order valence-electron chi connectivity index (χ2n) is 4.07. The summed E-state index contributed by atoms with van der Waals surface area (Å²) < 4.78 is 10.5. The molecule has 1 heterocycles. The van der Waals surface area contributed by atoms with Crippen molar-refractivity contribution in [1.82, 2.24) is 0 Å². The Morgan fingerprint density at radius 3 is 2.75 bits per heavy atom. The average Bonchev–Trinajstić information content (AvgIpc) is 2.80. The number of ether oxygens (including phenoxy) is 2. The number of rotatable bonds is 3. The van der Waals surface area contributed by atoms with Gasteiger partial charge in [-0.15, -0.1) is 0 Å². The van der Waals surface area contributed by atoms with Gasteiger partial charge >= 0.3 is 5.97 Å². The van der Waals surface area contributed by atoms with Crippen LogP contribution >= 0.6 is 0 Å². The van der Waals surface area contributed by atoms with Crippen molar-refractivity contribution in [3.05, 3.63) is 35.9 Å². The van der Waals surface area contributed by atoms with Gasteiger partial charge in [0.15, 0.2) is 0 Å². The molecule has 0 spiro atoms. The van der Waals surface area contributed by atoms with Crippen LogP contribution in [0.3, 0.4) is 0 Å². The van der Waals surface area contributed by atoms with E-state index in [0.29, 0.717) is 13.0 Å². The number of methoxy groups -OCH3 is 1. The second-order valence-corrected chi connectivity index (χ2v) is 4.07. The van der Waals surface area contributed by atoms with Crippen molar-refractivity contribution in [2.45, 2.75) is 24.9 Å². The van der Waals surface area contributed by atoms with Crippen molar-refractivity contribution < 1.29 is 14.3 Å². The Balaban J connectivity index is 2.25. The zero-order valence-corrected chi connectivity index (χ0v) is 9.44. The molecule has 2 rings (SSSR count). The van der Waals surface area contributed by atoms with E-state index in [-0.39, 0.29) is 5.97 Å². The highest BCUT2D eigenvalue weighted by molar-refractivity contribution is 5.71. The average molecular weight is 220 g/mol. The summed E-state index contributed by atoms with van der Waals surface area (Å²) in [5, 5.41) is 0. The fourth-order valence-electron chi connectivity index (χ4n) is 2.21. The molecule has 1 fully saturated rings. The van der Waals surface area contributed by atoms with Gasteiger partial charge in [-0.25, -0.2) is 0 Å². The van der Waals surface area contributed by atoms with Gasteiger partial charge in [-0.1, -0.05) is 30.3 Å². The highest BCUT2D eigenvalue weighted by Gasteiger charge is 2.39. The third kappa shape index (κ3) is 2.09. The van der Waals surface area contributed by atoms with E-state index in [9.17, 15) is 4.79 Å². The number of hydrogen-bond acceptors (Lipinski definition) is 3. The SMILES string of the molecule is COC(=O)C[C@]1(c2ccccc2)CCCO1. The largest absolute Gasteiger partial charge is 0.469 e. The predicted octanol–water partition coefficient (Wildman–Crippen LogP) is 2.26. The first-order chi connectivity index (χ1) is 7.77. The number of hydrogen-bond donors (Lipinski definition) is 0. The monoisotopic (exact) mass is 220 g/mol. The van der Waals surface area contributed by atoms with Gasteiger partial charge in [-0.05, 0) is 18.4 Å². The molecule has 1 aliphatic heterocycles. The molecule has 0 aliphatic carbocycles. The molecule has 86 valence electrons. The maximum absolute atomic E-state index is 11.4. The van der Waals surface area contributed by atoms with E-state index in [0.717, 1.165) is 18.4 Å². The standard InChI is InChI=1S/C13H16O3/c1-15-12(14)10-13(8-5-9-16-13)11-6-3-2-4-7-11/h2-4,6-7H,5,8-10H2,1H3/t13-/m0/s1. The molecule has 0 aromatic heterocycles. The van der Waals surface area contributed by atoms with Crippen LogP contribution < -0.4 is 0 Å². The Morgan fingerprint density at radius 1 is 1.44 bits per heavy atom. The van der Waals surface area contributed by atoms with Gasteiger partial charge in [0.25, 0.3) is 0 Å². The van der Waals surface area contributed by atoms with E-state index in [2.05, 4.69) is 0 Å². The van der Waals surface area contributed by atoms with Crippen molar-refractivity contribution in [1.29, 1.82) is 0 Å². The van der Waals surface area contributed by atoms with E-state index < -0.39 is 5.60 Å². The summed E-state index contributed by atoms with van der Waals surface area (Å²) in [7, 11) is 1.41. The lowest BCUT2D eigenvalue weighted by Crippen LogP contribution is -2.28. The first-order valence-electron chi connectivity index (χ1n) is 5.53. The Hall–Kier alpha value is -1.35. The maximum atomic E-state index is 11.4.